The fraction of sp³-hybridized carbons (Fsp3) is 0.263. The van der Waals surface area contributed by atoms with Crippen molar-refractivity contribution in [3.8, 4) is 5.75 Å². The molecule has 2 rings (SSSR count). The van der Waals surface area contributed by atoms with Crippen LogP contribution < -0.4 is 10.1 Å². The Morgan fingerprint density at radius 3 is 2.25 bits per heavy atom. The maximum atomic E-state index is 12.4. The number of benzene rings is 2. The maximum absolute atomic E-state index is 12.4. The molecule has 0 heterocycles. The Kier molecular flexibility index (Phi) is 5.95. The number of hydrogen-bond acceptors (Lipinski definition) is 3. The third-order valence-electron chi connectivity index (χ3n) is 3.99. The Morgan fingerprint density at radius 1 is 1.08 bits per heavy atom. The molecule has 24 heavy (non-hydrogen) atoms. The van der Waals surface area contributed by atoms with Crippen molar-refractivity contribution in [2.75, 3.05) is 12.4 Å². The Labute approximate surface area is 141 Å². The number of aliphatic carboxylic acids is 1. The molecule has 0 aromatic heterocycles. The lowest BCUT2D eigenvalue weighted by molar-refractivity contribution is -0.145. The molecule has 2 N–H and O–H groups in total. The summed E-state index contributed by atoms with van der Waals surface area (Å²) in [6.45, 7) is 1.64. The van der Waals surface area contributed by atoms with E-state index in [9.17, 15) is 14.7 Å². The van der Waals surface area contributed by atoms with Crippen molar-refractivity contribution in [2.45, 2.75) is 13.3 Å². The van der Waals surface area contributed by atoms with Gasteiger partial charge in [-0.15, -0.1) is 0 Å². The molecule has 126 valence electrons. The van der Waals surface area contributed by atoms with Crippen LogP contribution in [0, 0.1) is 11.8 Å². The summed E-state index contributed by atoms with van der Waals surface area (Å²) in [6, 6.07) is 16.2. The summed E-state index contributed by atoms with van der Waals surface area (Å²) >= 11 is 0. The Bertz CT molecular complexity index is 682. The highest BCUT2D eigenvalue weighted by Crippen LogP contribution is 2.22. The number of methoxy groups -OCH3 is 1. The second-order valence-electron chi connectivity index (χ2n) is 5.64. The van der Waals surface area contributed by atoms with E-state index in [1.54, 1.807) is 38.3 Å². The van der Waals surface area contributed by atoms with Crippen LogP contribution in [0.4, 0.5) is 5.69 Å². The molecular weight excluding hydrogens is 306 g/mol. The zero-order valence-corrected chi connectivity index (χ0v) is 13.7. The Morgan fingerprint density at radius 2 is 1.71 bits per heavy atom. The van der Waals surface area contributed by atoms with Gasteiger partial charge < -0.3 is 15.2 Å². The van der Waals surface area contributed by atoms with Gasteiger partial charge in [0.15, 0.2) is 0 Å². The van der Waals surface area contributed by atoms with E-state index in [2.05, 4.69) is 5.32 Å². The lowest BCUT2D eigenvalue weighted by atomic mass is 9.87. The molecule has 0 aliphatic rings. The smallest absolute Gasteiger partial charge is 0.307 e. The highest BCUT2D eigenvalue weighted by atomic mass is 16.5. The van der Waals surface area contributed by atoms with Crippen molar-refractivity contribution in [2.24, 2.45) is 11.8 Å². The molecule has 2 aromatic rings. The van der Waals surface area contributed by atoms with E-state index < -0.39 is 17.8 Å². The van der Waals surface area contributed by atoms with Gasteiger partial charge in [-0.25, -0.2) is 0 Å². The van der Waals surface area contributed by atoms with Gasteiger partial charge in [-0.1, -0.05) is 37.3 Å². The van der Waals surface area contributed by atoms with Gasteiger partial charge in [0, 0.05) is 11.6 Å². The molecule has 0 fully saturated rings. The predicted molar refractivity (Wildman–Crippen MR) is 92.1 cm³/mol. The van der Waals surface area contributed by atoms with E-state index in [1.807, 2.05) is 30.3 Å². The van der Waals surface area contributed by atoms with Crippen molar-refractivity contribution in [1.29, 1.82) is 0 Å². The number of para-hydroxylation sites is 1. The summed E-state index contributed by atoms with van der Waals surface area (Å²) in [5, 5.41) is 12.3. The fourth-order valence-corrected chi connectivity index (χ4v) is 2.45. The molecule has 0 saturated carbocycles. The van der Waals surface area contributed by atoms with Crippen molar-refractivity contribution in [1.82, 2.24) is 0 Å². The zero-order chi connectivity index (χ0) is 17.5. The normalized spacial score (nSPS) is 12.9. The molecule has 2 atom stereocenters. The van der Waals surface area contributed by atoms with Gasteiger partial charge in [-0.2, -0.15) is 0 Å². The van der Waals surface area contributed by atoms with Crippen molar-refractivity contribution < 1.29 is 19.4 Å². The number of carboxylic acids is 1. The monoisotopic (exact) mass is 327 g/mol. The summed E-state index contributed by atoms with van der Waals surface area (Å²) in [4.78, 5) is 24.0. The van der Waals surface area contributed by atoms with E-state index in [1.165, 1.54) is 0 Å². The van der Waals surface area contributed by atoms with Crippen LogP contribution in [0.3, 0.4) is 0 Å². The van der Waals surface area contributed by atoms with E-state index in [4.69, 9.17) is 4.74 Å². The first-order valence-corrected chi connectivity index (χ1v) is 7.73. The second-order valence-corrected chi connectivity index (χ2v) is 5.64. The Balaban J connectivity index is 2.07. The molecule has 0 saturated heterocycles. The second kappa shape index (κ2) is 8.15. The molecule has 0 aliphatic carbocycles. The van der Waals surface area contributed by atoms with Gasteiger partial charge >= 0.3 is 5.97 Å². The van der Waals surface area contributed by atoms with Gasteiger partial charge in [0.05, 0.1) is 13.0 Å². The number of nitrogens with one attached hydrogen (secondary N) is 1. The summed E-state index contributed by atoms with van der Waals surface area (Å²) in [6.07, 6.45) is 0.280. The summed E-state index contributed by atoms with van der Waals surface area (Å²) < 4.78 is 5.09. The lowest BCUT2D eigenvalue weighted by Crippen LogP contribution is -2.33. The number of anilines is 1. The number of carbonyl (C=O) groups is 2. The van der Waals surface area contributed by atoms with Gasteiger partial charge in [0.2, 0.25) is 5.91 Å². The van der Waals surface area contributed by atoms with Crippen LogP contribution in [0.1, 0.15) is 12.5 Å². The molecule has 5 heteroatoms. The number of carbonyl (C=O) groups excluding carboxylic acids is 1. The molecular formula is C19H21NO4. The number of carboxylic acid groups (broad SMARTS) is 1. The van der Waals surface area contributed by atoms with E-state index >= 15 is 0 Å². The van der Waals surface area contributed by atoms with E-state index in [-0.39, 0.29) is 12.3 Å². The largest absolute Gasteiger partial charge is 0.497 e. The predicted octanol–water partition coefficient (Wildman–Crippen LogP) is 3.21. The molecule has 2 aromatic carbocycles. The first-order chi connectivity index (χ1) is 11.5. The number of ether oxygens (including phenoxy) is 1. The van der Waals surface area contributed by atoms with Gasteiger partial charge in [-0.3, -0.25) is 9.59 Å². The van der Waals surface area contributed by atoms with Crippen molar-refractivity contribution in [3.05, 3.63) is 60.2 Å². The lowest BCUT2D eigenvalue weighted by Gasteiger charge is -2.20. The molecule has 1 amide bonds. The van der Waals surface area contributed by atoms with Crippen LogP contribution >= 0.6 is 0 Å². The first-order valence-electron chi connectivity index (χ1n) is 7.73. The maximum Gasteiger partial charge on any atom is 0.307 e. The van der Waals surface area contributed by atoms with Crippen LogP contribution in [0.2, 0.25) is 0 Å². The summed E-state index contributed by atoms with van der Waals surface area (Å²) in [5.74, 6) is -2.05. The average molecular weight is 327 g/mol. The van der Waals surface area contributed by atoms with E-state index in [0.717, 1.165) is 5.56 Å². The zero-order valence-electron chi connectivity index (χ0n) is 13.7. The summed E-state index contributed by atoms with van der Waals surface area (Å²) in [5.41, 5.74) is 1.51. The fourth-order valence-electron chi connectivity index (χ4n) is 2.45. The molecule has 0 bridgehead atoms. The van der Waals surface area contributed by atoms with Crippen LogP contribution in [-0.4, -0.2) is 24.1 Å². The van der Waals surface area contributed by atoms with Crippen LogP contribution in [0.15, 0.2) is 54.6 Å². The van der Waals surface area contributed by atoms with Gasteiger partial charge in [-0.05, 0) is 36.2 Å². The molecule has 5 nitrogen and oxygen atoms in total. The minimum Gasteiger partial charge on any atom is -0.497 e. The topological polar surface area (TPSA) is 75.6 Å². The highest BCUT2D eigenvalue weighted by molar-refractivity contribution is 5.94. The van der Waals surface area contributed by atoms with Crippen LogP contribution in [0.25, 0.3) is 0 Å². The third kappa shape index (κ3) is 4.59. The number of amides is 1. The minimum absolute atomic E-state index is 0.280. The van der Waals surface area contributed by atoms with E-state index in [0.29, 0.717) is 11.4 Å². The molecule has 0 aliphatic heterocycles. The quantitative estimate of drug-likeness (QED) is 0.819. The third-order valence-corrected chi connectivity index (χ3v) is 3.99. The number of hydrogen-bond donors (Lipinski definition) is 2. The van der Waals surface area contributed by atoms with Crippen LogP contribution in [0.5, 0.6) is 5.75 Å². The number of rotatable bonds is 7. The van der Waals surface area contributed by atoms with Crippen molar-refractivity contribution >= 4 is 17.6 Å². The average Bonchev–Trinajstić information content (AvgIpc) is 2.60. The van der Waals surface area contributed by atoms with Crippen LogP contribution in [-0.2, 0) is 16.0 Å². The first kappa shape index (κ1) is 17.5. The summed E-state index contributed by atoms with van der Waals surface area (Å²) in [7, 11) is 1.57. The SMILES string of the molecule is COc1ccc(C[C@H](C(=O)O)[C@@H](C)C(=O)Nc2ccccc2)cc1. The molecule has 0 spiro atoms. The standard InChI is InChI=1S/C19H21NO4/c1-13(18(21)20-15-6-4-3-5-7-15)17(19(22)23)12-14-8-10-16(24-2)11-9-14/h3-11,13,17H,12H2,1-2H3,(H,20,21)(H,22,23)/t13-,17+/m1/s1. The minimum atomic E-state index is -0.985. The van der Waals surface area contributed by atoms with Crippen molar-refractivity contribution in [3.63, 3.8) is 0 Å². The highest BCUT2D eigenvalue weighted by Gasteiger charge is 2.30. The van der Waals surface area contributed by atoms with Gasteiger partial charge in [0.25, 0.3) is 0 Å². The molecule has 0 unspecified atom stereocenters. The van der Waals surface area contributed by atoms with Gasteiger partial charge in [0.1, 0.15) is 5.75 Å². The Hall–Kier alpha value is -2.82. The molecule has 0 radical (unpaired) electrons.